The molecule has 0 saturated carbocycles. The van der Waals surface area contributed by atoms with Crippen LogP contribution in [0.25, 0.3) is 0 Å². The Balaban J connectivity index is 2.13. The third-order valence-electron chi connectivity index (χ3n) is 2.67. The first kappa shape index (κ1) is 11.1. The number of thiazole rings is 1. The van der Waals surface area contributed by atoms with Crippen LogP contribution < -0.4 is 5.32 Å². The van der Waals surface area contributed by atoms with Gasteiger partial charge >= 0.3 is 0 Å². The monoisotopic (exact) mass is 236 g/mol. The molecule has 0 bridgehead atoms. The van der Waals surface area contributed by atoms with Crippen LogP contribution >= 0.6 is 11.3 Å². The number of hydrogen-bond acceptors (Lipinski definition) is 4. The van der Waals surface area contributed by atoms with Gasteiger partial charge in [-0.1, -0.05) is 0 Å². The quantitative estimate of drug-likeness (QED) is 0.891. The second-order valence-electron chi connectivity index (χ2n) is 3.91. The predicted octanol–water partition coefficient (Wildman–Crippen LogP) is 2.67. The van der Waals surface area contributed by atoms with E-state index in [2.05, 4.69) is 29.2 Å². The lowest BCUT2D eigenvalue weighted by Gasteiger charge is -2.12. The summed E-state index contributed by atoms with van der Waals surface area (Å²) in [6, 6.07) is 0.272. The second-order valence-corrected chi connectivity index (χ2v) is 5.18. The Morgan fingerprint density at radius 2 is 2.12 bits per heavy atom. The Bertz CT molecular complexity index is 486. The van der Waals surface area contributed by atoms with Crippen molar-refractivity contribution in [2.75, 3.05) is 5.32 Å². The number of rotatable bonds is 3. The molecular weight excluding hydrogens is 220 g/mol. The fraction of sp³-hybridized carbons (Fsp3) is 0.455. The topological polar surface area (TPSA) is 42.7 Å². The maximum absolute atomic E-state index is 4.26. The van der Waals surface area contributed by atoms with Crippen LogP contribution in [-0.4, -0.2) is 14.8 Å². The van der Waals surface area contributed by atoms with Gasteiger partial charge < -0.3 is 5.32 Å². The minimum absolute atomic E-state index is 0.272. The van der Waals surface area contributed by atoms with E-state index < -0.39 is 0 Å². The molecule has 0 aliphatic rings. The van der Waals surface area contributed by atoms with E-state index in [1.165, 1.54) is 4.88 Å². The summed E-state index contributed by atoms with van der Waals surface area (Å²) in [6.07, 6.45) is 3.79. The van der Waals surface area contributed by atoms with E-state index in [1.54, 1.807) is 11.3 Å². The Kier molecular flexibility index (Phi) is 2.96. The number of anilines is 1. The molecule has 1 unspecified atom stereocenters. The molecule has 1 atom stereocenters. The van der Waals surface area contributed by atoms with Gasteiger partial charge in [0.15, 0.2) is 0 Å². The molecule has 4 nitrogen and oxygen atoms in total. The third-order valence-corrected chi connectivity index (χ3v) is 3.77. The summed E-state index contributed by atoms with van der Waals surface area (Å²) in [5, 5.41) is 8.76. The highest BCUT2D eigenvalue weighted by molar-refractivity contribution is 7.11. The maximum atomic E-state index is 4.26. The largest absolute Gasteiger partial charge is 0.375 e. The number of aryl methyl sites for hydroxylation is 2. The van der Waals surface area contributed by atoms with Gasteiger partial charge in [-0.25, -0.2) is 4.98 Å². The summed E-state index contributed by atoms with van der Waals surface area (Å²) in [6.45, 7) is 6.22. The molecule has 0 spiro atoms. The van der Waals surface area contributed by atoms with Gasteiger partial charge in [0.2, 0.25) is 0 Å². The summed E-state index contributed by atoms with van der Waals surface area (Å²) >= 11 is 1.73. The van der Waals surface area contributed by atoms with Crippen LogP contribution in [0, 0.1) is 13.8 Å². The molecule has 2 aromatic heterocycles. The number of aromatic nitrogens is 3. The molecule has 2 heterocycles. The van der Waals surface area contributed by atoms with Gasteiger partial charge in [0.25, 0.3) is 0 Å². The zero-order valence-electron chi connectivity index (χ0n) is 9.98. The van der Waals surface area contributed by atoms with Crippen LogP contribution in [0.2, 0.25) is 0 Å². The Labute approximate surface area is 99.3 Å². The maximum Gasteiger partial charge on any atom is 0.0897 e. The van der Waals surface area contributed by atoms with Crippen LogP contribution in [0.1, 0.15) is 28.5 Å². The summed E-state index contributed by atoms with van der Waals surface area (Å²) in [7, 11) is 1.95. The van der Waals surface area contributed by atoms with Gasteiger partial charge in [-0.05, 0) is 20.8 Å². The molecule has 0 amide bonds. The molecule has 0 radical (unpaired) electrons. The zero-order valence-corrected chi connectivity index (χ0v) is 10.8. The van der Waals surface area contributed by atoms with Crippen molar-refractivity contribution in [2.45, 2.75) is 26.8 Å². The van der Waals surface area contributed by atoms with E-state index >= 15 is 0 Å². The smallest absolute Gasteiger partial charge is 0.0897 e. The normalized spacial score (nSPS) is 12.8. The predicted molar refractivity (Wildman–Crippen MR) is 66.8 cm³/mol. The summed E-state index contributed by atoms with van der Waals surface area (Å²) in [5.41, 5.74) is 2.23. The van der Waals surface area contributed by atoms with Gasteiger partial charge in [-0.2, -0.15) is 5.10 Å². The molecule has 1 N–H and O–H groups in total. The van der Waals surface area contributed by atoms with Crippen molar-refractivity contribution in [1.29, 1.82) is 0 Å². The van der Waals surface area contributed by atoms with Crippen molar-refractivity contribution in [3.63, 3.8) is 0 Å². The third kappa shape index (κ3) is 2.09. The minimum Gasteiger partial charge on any atom is -0.375 e. The van der Waals surface area contributed by atoms with Gasteiger partial charge in [0, 0.05) is 18.1 Å². The highest BCUT2D eigenvalue weighted by atomic mass is 32.1. The Hall–Kier alpha value is -1.36. The zero-order chi connectivity index (χ0) is 11.7. The van der Waals surface area contributed by atoms with Crippen LogP contribution in [0.5, 0.6) is 0 Å². The number of hydrogen-bond donors (Lipinski definition) is 1. The van der Waals surface area contributed by atoms with E-state index in [0.29, 0.717) is 0 Å². The number of nitrogens with one attached hydrogen (secondary N) is 1. The Morgan fingerprint density at radius 1 is 1.38 bits per heavy atom. The molecule has 86 valence electrons. The molecule has 0 aliphatic carbocycles. The van der Waals surface area contributed by atoms with Crippen LogP contribution in [-0.2, 0) is 7.05 Å². The second kappa shape index (κ2) is 4.25. The van der Waals surface area contributed by atoms with E-state index in [4.69, 9.17) is 0 Å². The average Bonchev–Trinajstić information content (AvgIpc) is 2.79. The SMILES string of the molecule is Cc1ncc(C(C)Nc2cnn(C)c2C)s1. The van der Waals surface area contributed by atoms with E-state index in [0.717, 1.165) is 16.4 Å². The molecule has 2 rings (SSSR count). The molecular formula is C11H16N4S. The highest BCUT2D eigenvalue weighted by Crippen LogP contribution is 2.25. The first-order valence-electron chi connectivity index (χ1n) is 5.25. The van der Waals surface area contributed by atoms with Gasteiger partial charge in [0.1, 0.15) is 0 Å². The molecule has 0 aliphatic heterocycles. The van der Waals surface area contributed by atoms with Crippen molar-refractivity contribution in [3.8, 4) is 0 Å². The lowest BCUT2D eigenvalue weighted by molar-refractivity contribution is 0.739. The lowest BCUT2D eigenvalue weighted by atomic mass is 10.2. The molecule has 0 saturated heterocycles. The molecule has 2 aromatic rings. The van der Waals surface area contributed by atoms with E-state index in [9.17, 15) is 0 Å². The average molecular weight is 236 g/mol. The first-order chi connectivity index (χ1) is 7.58. The molecule has 0 aromatic carbocycles. The summed E-state index contributed by atoms with van der Waals surface area (Å²) in [4.78, 5) is 5.52. The van der Waals surface area contributed by atoms with Gasteiger partial charge in [-0.15, -0.1) is 11.3 Å². The Morgan fingerprint density at radius 3 is 2.62 bits per heavy atom. The molecule has 0 fully saturated rings. The van der Waals surface area contributed by atoms with Crippen LogP contribution in [0.3, 0.4) is 0 Å². The lowest BCUT2D eigenvalue weighted by Crippen LogP contribution is -2.05. The fourth-order valence-electron chi connectivity index (χ4n) is 1.52. The van der Waals surface area contributed by atoms with Gasteiger partial charge in [0.05, 0.1) is 28.6 Å². The summed E-state index contributed by atoms with van der Waals surface area (Å²) in [5.74, 6) is 0. The van der Waals surface area contributed by atoms with E-state index in [1.807, 2.05) is 31.0 Å². The van der Waals surface area contributed by atoms with Crippen molar-refractivity contribution >= 4 is 17.0 Å². The van der Waals surface area contributed by atoms with Crippen molar-refractivity contribution in [2.24, 2.45) is 7.05 Å². The minimum atomic E-state index is 0.272. The van der Waals surface area contributed by atoms with Crippen molar-refractivity contribution < 1.29 is 0 Å². The van der Waals surface area contributed by atoms with Gasteiger partial charge in [-0.3, -0.25) is 4.68 Å². The summed E-state index contributed by atoms with van der Waals surface area (Å²) < 4.78 is 1.87. The van der Waals surface area contributed by atoms with Crippen molar-refractivity contribution in [3.05, 3.63) is 28.0 Å². The van der Waals surface area contributed by atoms with Crippen LogP contribution in [0.4, 0.5) is 5.69 Å². The van der Waals surface area contributed by atoms with Crippen molar-refractivity contribution in [1.82, 2.24) is 14.8 Å². The first-order valence-corrected chi connectivity index (χ1v) is 6.07. The highest BCUT2D eigenvalue weighted by Gasteiger charge is 2.11. The fourth-order valence-corrected chi connectivity index (χ4v) is 2.31. The standard InChI is InChI=1S/C11H16N4S/c1-7(11-6-12-9(3)16-11)14-10-5-13-15(4)8(10)2/h5-7,14H,1-4H3. The van der Waals surface area contributed by atoms with E-state index in [-0.39, 0.29) is 6.04 Å². The molecule has 5 heteroatoms. The van der Waals surface area contributed by atoms with Crippen LogP contribution in [0.15, 0.2) is 12.4 Å². The molecule has 16 heavy (non-hydrogen) atoms. The number of nitrogens with zero attached hydrogens (tertiary/aromatic N) is 3.